The van der Waals surface area contributed by atoms with Crippen molar-refractivity contribution in [2.45, 2.75) is 6.92 Å². The zero-order valence-corrected chi connectivity index (χ0v) is 8.97. The van der Waals surface area contributed by atoms with Gasteiger partial charge in [0.1, 0.15) is 11.5 Å². The van der Waals surface area contributed by atoms with Crippen LogP contribution >= 0.6 is 0 Å². The molecule has 6 heteroatoms. The molecule has 3 aromatic rings. The fourth-order valence-corrected chi connectivity index (χ4v) is 1.74. The molecular weight excluding hydrogens is 220 g/mol. The zero-order chi connectivity index (χ0) is 11.8. The Balaban J connectivity index is 2.42. The maximum Gasteiger partial charge on any atom is 0.294 e. The van der Waals surface area contributed by atoms with E-state index >= 15 is 0 Å². The third kappa shape index (κ3) is 1.42. The van der Waals surface area contributed by atoms with Gasteiger partial charge >= 0.3 is 0 Å². The van der Waals surface area contributed by atoms with E-state index in [1.807, 2.05) is 12.1 Å². The van der Waals surface area contributed by atoms with Crippen molar-refractivity contribution in [1.82, 2.24) is 20.3 Å². The average Bonchev–Trinajstić information content (AvgIpc) is 2.75. The van der Waals surface area contributed by atoms with Crippen molar-refractivity contribution >= 4 is 10.9 Å². The van der Waals surface area contributed by atoms with E-state index in [-0.39, 0.29) is 11.1 Å². The molecule has 0 aromatic carbocycles. The van der Waals surface area contributed by atoms with E-state index in [1.165, 1.54) is 0 Å². The minimum Gasteiger partial charge on any atom is -0.360 e. The summed E-state index contributed by atoms with van der Waals surface area (Å²) in [6, 6.07) is 3.62. The lowest BCUT2D eigenvalue weighted by molar-refractivity contribution is 0.405. The predicted molar refractivity (Wildman–Crippen MR) is 60.4 cm³/mol. The summed E-state index contributed by atoms with van der Waals surface area (Å²) in [5.41, 5.74) is 1.41. The van der Waals surface area contributed by atoms with Gasteiger partial charge in [0.25, 0.3) is 5.56 Å². The van der Waals surface area contributed by atoms with E-state index in [4.69, 9.17) is 4.52 Å². The van der Waals surface area contributed by atoms with E-state index in [0.29, 0.717) is 16.8 Å². The smallest absolute Gasteiger partial charge is 0.294 e. The van der Waals surface area contributed by atoms with E-state index in [0.717, 1.165) is 5.56 Å². The lowest BCUT2D eigenvalue weighted by Gasteiger charge is -2.00. The normalized spacial score (nSPS) is 10.9. The Morgan fingerprint density at radius 2 is 2.06 bits per heavy atom. The Kier molecular flexibility index (Phi) is 2.01. The van der Waals surface area contributed by atoms with Crippen LogP contribution in [0.2, 0.25) is 0 Å². The third-order valence-electron chi connectivity index (χ3n) is 2.54. The highest BCUT2D eigenvalue weighted by Gasteiger charge is 2.15. The van der Waals surface area contributed by atoms with Gasteiger partial charge in [-0.2, -0.15) is 5.10 Å². The number of H-pyrrole nitrogens is 1. The van der Waals surface area contributed by atoms with Crippen LogP contribution in [0, 0.1) is 6.92 Å². The van der Waals surface area contributed by atoms with Gasteiger partial charge in [0.15, 0.2) is 5.52 Å². The molecule has 0 aliphatic heterocycles. The standard InChI is InChI=1S/C11H8N4O2/c1-6-8-9(7-2-4-12-5-3-7)13-14-11(16)10(8)15-17-6/h2-5H,1H3,(H,14,16). The van der Waals surface area contributed by atoms with Crippen LogP contribution in [0.3, 0.4) is 0 Å². The molecule has 0 saturated heterocycles. The zero-order valence-electron chi connectivity index (χ0n) is 8.97. The molecule has 0 spiro atoms. The van der Waals surface area contributed by atoms with E-state index in [2.05, 4.69) is 20.3 Å². The summed E-state index contributed by atoms with van der Waals surface area (Å²) < 4.78 is 5.03. The monoisotopic (exact) mass is 228 g/mol. The second-order valence-corrected chi connectivity index (χ2v) is 3.60. The number of aromatic amines is 1. The molecule has 0 amide bonds. The number of hydrogen-bond acceptors (Lipinski definition) is 5. The first-order valence-electron chi connectivity index (χ1n) is 5.02. The Hall–Kier alpha value is -2.50. The van der Waals surface area contributed by atoms with Crippen LogP contribution in [0.15, 0.2) is 33.8 Å². The SMILES string of the molecule is Cc1onc2c(=O)[nH]nc(-c3ccncc3)c12. The highest BCUT2D eigenvalue weighted by molar-refractivity contribution is 5.92. The Bertz CT molecular complexity index is 730. The van der Waals surface area contributed by atoms with Gasteiger partial charge in [-0.15, -0.1) is 0 Å². The molecule has 0 radical (unpaired) electrons. The molecule has 84 valence electrons. The second-order valence-electron chi connectivity index (χ2n) is 3.60. The van der Waals surface area contributed by atoms with Crippen molar-refractivity contribution < 1.29 is 4.52 Å². The lowest BCUT2D eigenvalue weighted by Crippen LogP contribution is -2.09. The fraction of sp³-hybridized carbons (Fsp3) is 0.0909. The van der Waals surface area contributed by atoms with Gasteiger partial charge in [-0.25, -0.2) is 5.10 Å². The Morgan fingerprint density at radius 1 is 1.29 bits per heavy atom. The summed E-state index contributed by atoms with van der Waals surface area (Å²) in [5.74, 6) is 0.574. The highest BCUT2D eigenvalue weighted by atomic mass is 16.5. The molecule has 0 saturated carbocycles. The first-order chi connectivity index (χ1) is 8.27. The van der Waals surface area contributed by atoms with Gasteiger partial charge < -0.3 is 4.52 Å². The highest BCUT2D eigenvalue weighted by Crippen LogP contribution is 2.25. The Morgan fingerprint density at radius 3 is 2.82 bits per heavy atom. The fourth-order valence-electron chi connectivity index (χ4n) is 1.74. The molecule has 3 rings (SSSR count). The molecule has 0 fully saturated rings. The molecular formula is C11H8N4O2. The van der Waals surface area contributed by atoms with Gasteiger partial charge in [-0.1, -0.05) is 5.16 Å². The number of aryl methyl sites for hydroxylation is 1. The third-order valence-corrected chi connectivity index (χ3v) is 2.54. The quantitative estimate of drug-likeness (QED) is 0.678. The van der Waals surface area contributed by atoms with E-state index in [9.17, 15) is 4.79 Å². The maximum atomic E-state index is 11.5. The number of hydrogen-bond donors (Lipinski definition) is 1. The maximum absolute atomic E-state index is 11.5. The molecule has 6 nitrogen and oxygen atoms in total. The van der Waals surface area contributed by atoms with Crippen molar-refractivity contribution in [3.05, 3.63) is 40.6 Å². The average molecular weight is 228 g/mol. The van der Waals surface area contributed by atoms with Crippen LogP contribution in [0.5, 0.6) is 0 Å². The van der Waals surface area contributed by atoms with E-state index in [1.54, 1.807) is 19.3 Å². The summed E-state index contributed by atoms with van der Waals surface area (Å²) in [4.78, 5) is 15.5. The van der Waals surface area contributed by atoms with Gasteiger partial charge in [0, 0.05) is 18.0 Å². The molecule has 0 bridgehead atoms. The summed E-state index contributed by atoms with van der Waals surface area (Å²) in [6.45, 7) is 1.75. The molecule has 0 atom stereocenters. The minimum absolute atomic E-state index is 0.268. The molecule has 17 heavy (non-hydrogen) atoms. The summed E-state index contributed by atoms with van der Waals surface area (Å²) >= 11 is 0. The summed E-state index contributed by atoms with van der Waals surface area (Å²) in [6.07, 6.45) is 3.33. The largest absolute Gasteiger partial charge is 0.360 e. The molecule has 1 N–H and O–H groups in total. The van der Waals surface area contributed by atoms with Gasteiger partial charge in [-0.05, 0) is 19.1 Å². The first kappa shape index (κ1) is 9.71. The van der Waals surface area contributed by atoms with Crippen LogP contribution < -0.4 is 5.56 Å². The molecule has 3 heterocycles. The Labute approximate surface area is 95.3 Å². The second kappa shape index (κ2) is 3.51. The molecule has 0 unspecified atom stereocenters. The van der Waals surface area contributed by atoms with E-state index < -0.39 is 0 Å². The molecule has 3 aromatic heterocycles. The van der Waals surface area contributed by atoms with Crippen molar-refractivity contribution in [3.8, 4) is 11.3 Å². The molecule has 0 aliphatic rings. The number of fused-ring (bicyclic) bond motifs is 1. The predicted octanol–water partition coefficient (Wildman–Crippen LogP) is 1.28. The summed E-state index contributed by atoms with van der Waals surface area (Å²) in [5, 5.41) is 10.8. The van der Waals surface area contributed by atoms with Gasteiger partial charge in [0.05, 0.1) is 5.39 Å². The van der Waals surface area contributed by atoms with Crippen LogP contribution in [-0.4, -0.2) is 20.3 Å². The number of aromatic nitrogens is 4. The number of nitrogens with one attached hydrogen (secondary N) is 1. The van der Waals surface area contributed by atoms with Crippen LogP contribution in [0.25, 0.3) is 22.2 Å². The summed E-state index contributed by atoms with van der Waals surface area (Å²) in [7, 11) is 0. The van der Waals surface area contributed by atoms with Gasteiger partial charge in [-0.3, -0.25) is 9.78 Å². The van der Waals surface area contributed by atoms with Crippen molar-refractivity contribution in [2.24, 2.45) is 0 Å². The minimum atomic E-state index is -0.352. The lowest BCUT2D eigenvalue weighted by atomic mass is 10.1. The number of rotatable bonds is 1. The first-order valence-corrected chi connectivity index (χ1v) is 5.02. The van der Waals surface area contributed by atoms with Crippen LogP contribution in [0.4, 0.5) is 0 Å². The van der Waals surface area contributed by atoms with Crippen molar-refractivity contribution in [3.63, 3.8) is 0 Å². The van der Waals surface area contributed by atoms with Crippen molar-refractivity contribution in [1.29, 1.82) is 0 Å². The van der Waals surface area contributed by atoms with Crippen LogP contribution in [-0.2, 0) is 0 Å². The number of pyridine rings is 1. The van der Waals surface area contributed by atoms with Crippen molar-refractivity contribution in [2.75, 3.05) is 0 Å². The van der Waals surface area contributed by atoms with Crippen LogP contribution in [0.1, 0.15) is 5.76 Å². The number of nitrogens with zero attached hydrogens (tertiary/aromatic N) is 3. The molecule has 0 aliphatic carbocycles. The topological polar surface area (TPSA) is 84.7 Å². The van der Waals surface area contributed by atoms with Gasteiger partial charge in [0.2, 0.25) is 0 Å².